The zero-order chi connectivity index (χ0) is 18.5. The summed E-state index contributed by atoms with van der Waals surface area (Å²) in [4.78, 5) is 43.0. The number of hydrogen-bond donors (Lipinski definition) is 2. The van der Waals surface area contributed by atoms with Gasteiger partial charge in [-0.15, -0.1) is 0 Å². The number of hydrogen-bond acceptors (Lipinski definition) is 4. The molecule has 0 fully saturated rings. The van der Waals surface area contributed by atoms with E-state index in [0.717, 1.165) is 16.3 Å². The Kier molecular flexibility index (Phi) is 5.02. The van der Waals surface area contributed by atoms with Gasteiger partial charge in [0, 0.05) is 30.7 Å². The Hall–Kier alpha value is -3.55. The lowest BCUT2D eigenvalue weighted by molar-refractivity contribution is 0.0948. The van der Waals surface area contributed by atoms with Gasteiger partial charge in [-0.25, -0.2) is 9.18 Å². The molecule has 8 heteroatoms. The molecule has 2 aromatic heterocycles. The van der Waals surface area contributed by atoms with Crippen LogP contribution >= 0.6 is 0 Å². The minimum absolute atomic E-state index is 0.174. The number of aromatic amines is 1. The molecule has 26 heavy (non-hydrogen) atoms. The average Bonchev–Trinajstić information content (AvgIpc) is 2.65. The molecule has 0 aliphatic carbocycles. The number of carbonyl (C=O) groups is 1. The molecule has 0 atom stereocenters. The quantitative estimate of drug-likeness (QED) is 0.716. The lowest BCUT2D eigenvalue weighted by atomic mass is 10.2. The van der Waals surface area contributed by atoms with E-state index in [1.165, 1.54) is 18.2 Å². The van der Waals surface area contributed by atoms with Gasteiger partial charge >= 0.3 is 5.69 Å². The maximum atomic E-state index is 13.8. The summed E-state index contributed by atoms with van der Waals surface area (Å²) in [6.45, 7) is -0.0941. The van der Waals surface area contributed by atoms with Crippen molar-refractivity contribution in [3.8, 4) is 0 Å². The standard InChI is InChI=1S/C18H15FN4O3/c19-15-6-2-1-5-13(15)11-23-17(25)14(10-22-18(23)26)16(24)21-9-12-4-3-7-20-8-12/h1-8,10H,9,11H2,(H,21,24)(H,22,26). The van der Waals surface area contributed by atoms with Crippen LogP contribution in [-0.4, -0.2) is 20.4 Å². The molecule has 0 aliphatic heterocycles. The van der Waals surface area contributed by atoms with Crippen LogP contribution in [0.1, 0.15) is 21.5 Å². The molecule has 132 valence electrons. The molecule has 3 aromatic rings. The first-order chi connectivity index (χ1) is 12.6. The van der Waals surface area contributed by atoms with Crippen molar-refractivity contribution in [2.24, 2.45) is 0 Å². The van der Waals surface area contributed by atoms with E-state index in [0.29, 0.717) is 0 Å². The zero-order valence-corrected chi connectivity index (χ0v) is 13.6. The summed E-state index contributed by atoms with van der Waals surface area (Å²) in [5.74, 6) is -1.18. The molecule has 0 saturated carbocycles. The van der Waals surface area contributed by atoms with E-state index in [-0.39, 0.29) is 24.2 Å². The maximum Gasteiger partial charge on any atom is 0.328 e. The maximum absolute atomic E-state index is 13.8. The van der Waals surface area contributed by atoms with Crippen molar-refractivity contribution in [3.05, 3.63) is 98.3 Å². The Morgan fingerprint density at radius 2 is 2.00 bits per heavy atom. The largest absolute Gasteiger partial charge is 0.348 e. The second-order valence-electron chi connectivity index (χ2n) is 5.53. The zero-order valence-electron chi connectivity index (χ0n) is 13.6. The van der Waals surface area contributed by atoms with Crippen molar-refractivity contribution in [2.45, 2.75) is 13.1 Å². The van der Waals surface area contributed by atoms with Crippen molar-refractivity contribution < 1.29 is 9.18 Å². The van der Waals surface area contributed by atoms with Gasteiger partial charge in [-0.1, -0.05) is 24.3 Å². The first-order valence-corrected chi connectivity index (χ1v) is 7.79. The first-order valence-electron chi connectivity index (χ1n) is 7.79. The SMILES string of the molecule is O=C(NCc1cccnc1)c1c[nH]c(=O)n(Cc2ccccc2F)c1=O. The molecule has 1 amide bonds. The predicted molar refractivity (Wildman–Crippen MR) is 92.2 cm³/mol. The number of pyridine rings is 1. The Bertz CT molecular complexity index is 1040. The second kappa shape index (κ2) is 7.56. The number of amides is 1. The summed E-state index contributed by atoms with van der Waals surface area (Å²) in [6.07, 6.45) is 4.25. The van der Waals surface area contributed by atoms with E-state index in [1.807, 2.05) is 0 Å². The molecule has 1 aromatic carbocycles. The van der Waals surface area contributed by atoms with Crippen molar-refractivity contribution in [1.82, 2.24) is 19.9 Å². The van der Waals surface area contributed by atoms with Gasteiger partial charge in [0.05, 0.1) is 6.54 Å². The first kappa shape index (κ1) is 17.3. The fourth-order valence-electron chi connectivity index (χ4n) is 2.39. The fraction of sp³-hybridized carbons (Fsp3) is 0.111. The van der Waals surface area contributed by atoms with Crippen LogP contribution in [-0.2, 0) is 13.1 Å². The van der Waals surface area contributed by atoms with Gasteiger partial charge in [0.2, 0.25) is 0 Å². The van der Waals surface area contributed by atoms with E-state index >= 15 is 0 Å². The highest BCUT2D eigenvalue weighted by Crippen LogP contribution is 2.06. The van der Waals surface area contributed by atoms with E-state index in [9.17, 15) is 18.8 Å². The van der Waals surface area contributed by atoms with Gasteiger partial charge in [0.25, 0.3) is 11.5 Å². The number of rotatable bonds is 5. The highest BCUT2D eigenvalue weighted by atomic mass is 19.1. The molecule has 0 unspecified atom stereocenters. The van der Waals surface area contributed by atoms with Crippen LogP contribution in [0.5, 0.6) is 0 Å². The molecule has 0 radical (unpaired) electrons. The third kappa shape index (κ3) is 3.75. The predicted octanol–water partition coefficient (Wildman–Crippen LogP) is 1.05. The monoisotopic (exact) mass is 354 g/mol. The minimum Gasteiger partial charge on any atom is -0.348 e. The van der Waals surface area contributed by atoms with Crippen LogP contribution in [0.3, 0.4) is 0 Å². The average molecular weight is 354 g/mol. The van der Waals surface area contributed by atoms with Crippen LogP contribution in [0.4, 0.5) is 4.39 Å². The highest BCUT2D eigenvalue weighted by Gasteiger charge is 2.15. The van der Waals surface area contributed by atoms with Gasteiger partial charge in [-0.2, -0.15) is 0 Å². The molecular formula is C18H15FN4O3. The fourth-order valence-corrected chi connectivity index (χ4v) is 2.39. The number of nitrogens with zero attached hydrogens (tertiary/aromatic N) is 2. The lowest BCUT2D eigenvalue weighted by Gasteiger charge is -2.09. The number of H-pyrrole nitrogens is 1. The summed E-state index contributed by atoms with van der Waals surface area (Å²) >= 11 is 0. The Labute approximate surface area is 147 Å². The highest BCUT2D eigenvalue weighted by molar-refractivity contribution is 5.93. The topological polar surface area (TPSA) is 96.8 Å². The summed E-state index contributed by atoms with van der Waals surface area (Å²) in [7, 11) is 0. The number of benzene rings is 1. The van der Waals surface area contributed by atoms with Gasteiger partial charge in [0.1, 0.15) is 11.4 Å². The van der Waals surface area contributed by atoms with Crippen LogP contribution in [0.25, 0.3) is 0 Å². The van der Waals surface area contributed by atoms with Crippen LogP contribution in [0.15, 0.2) is 64.6 Å². The molecule has 0 spiro atoms. The van der Waals surface area contributed by atoms with Crippen molar-refractivity contribution in [2.75, 3.05) is 0 Å². The number of halogens is 1. The Morgan fingerprint density at radius 3 is 2.73 bits per heavy atom. The molecule has 2 heterocycles. The van der Waals surface area contributed by atoms with E-state index in [1.54, 1.807) is 30.6 Å². The van der Waals surface area contributed by atoms with Crippen LogP contribution < -0.4 is 16.6 Å². The molecule has 0 aliphatic rings. The smallest absolute Gasteiger partial charge is 0.328 e. The normalized spacial score (nSPS) is 10.5. The van der Waals surface area contributed by atoms with E-state index in [2.05, 4.69) is 15.3 Å². The molecule has 0 saturated heterocycles. The van der Waals surface area contributed by atoms with E-state index < -0.39 is 23.0 Å². The van der Waals surface area contributed by atoms with Gasteiger partial charge in [-0.05, 0) is 17.7 Å². The Morgan fingerprint density at radius 1 is 1.19 bits per heavy atom. The molecular weight excluding hydrogens is 339 g/mol. The van der Waals surface area contributed by atoms with Crippen LogP contribution in [0.2, 0.25) is 0 Å². The molecule has 2 N–H and O–H groups in total. The van der Waals surface area contributed by atoms with E-state index in [4.69, 9.17) is 0 Å². The second-order valence-corrected chi connectivity index (χ2v) is 5.53. The van der Waals surface area contributed by atoms with Gasteiger partial charge in [0.15, 0.2) is 0 Å². The minimum atomic E-state index is -0.791. The van der Waals surface area contributed by atoms with Crippen molar-refractivity contribution >= 4 is 5.91 Å². The summed E-state index contributed by atoms with van der Waals surface area (Å²) < 4.78 is 14.6. The summed E-state index contributed by atoms with van der Waals surface area (Å²) in [5.41, 5.74) is -0.808. The third-order valence-corrected chi connectivity index (χ3v) is 3.77. The van der Waals surface area contributed by atoms with Crippen molar-refractivity contribution in [1.29, 1.82) is 0 Å². The summed E-state index contributed by atoms with van der Waals surface area (Å²) in [5, 5.41) is 2.59. The number of aromatic nitrogens is 3. The molecule has 0 bridgehead atoms. The van der Waals surface area contributed by atoms with Crippen molar-refractivity contribution in [3.63, 3.8) is 0 Å². The number of carbonyl (C=O) groups excluding carboxylic acids is 1. The summed E-state index contributed by atoms with van der Waals surface area (Å²) in [6, 6.07) is 9.31. The van der Waals surface area contributed by atoms with Crippen LogP contribution in [0, 0.1) is 5.82 Å². The van der Waals surface area contributed by atoms with Gasteiger partial charge in [-0.3, -0.25) is 19.1 Å². The lowest BCUT2D eigenvalue weighted by Crippen LogP contribution is -2.40. The molecule has 7 nitrogen and oxygen atoms in total. The van der Waals surface area contributed by atoms with Gasteiger partial charge < -0.3 is 10.3 Å². The third-order valence-electron chi connectivity index (χ3n) is 3.77. The molecule has 3 rings (SSSR count). The number of nitrogens with one attached hydrogen (secondary N) is 2. The Balaban J connectivity index is 1.85.